The van der Waals surface area contributed by atoms with Crippen molar-refractivity contribution in [2.45, 2.75) is 27.3 Å². The van der Waals surface area contributed by atoms with Gasteiger partial charge in [-0.2, -0.15) is 10.2 Å². The highest BCUT2D eigenvalue weighted by Gasteiger charge is 2.24. The summed E-state index contributed by atoms with van der Waals surface area (Å²) in [5, 5.41) is 9.06. The molecule has 0 unspecified atom stereocenters. The summed E-state index contributed by atoms with van der Waals surface area (Å²) in [6, 6.07) is 4.47. The van der Waals surface area contributed by atoms with E-state index in [1.54, 1.807) is 20.8 Å². The van der Waals surface area contributed by atoms with Crippen molar-refractivity contribution in [3.8, 4) is 5.69 Å². The second kappa shape index (κ2) is 7.43. The fraction of sp³-hybridized carbons (Fsp3) is 0.278. The zero-order chi connectivity index (χ0) is 20.6. The molecule has 1 amide bonds. The molecule has 28 heavy (non-hydrogen) atoms. The lowest BCUT2D eigenvalue weighted by Crippen LogP contribution is -2.26. The highest BCUT2D eigenvalue weighted by molar-refractivity contribution is 6.32. The van der Waals surface area contributed by atoms with Crippen molar-refractivity contribution in [3.63, 3.8) is 0 Å². The van der Waals surface area contributed by atoms with Crippen molar-refractivity contribution in [2.75, 3.05) is 6.61 Å². The first-order valence-electron chi connectivity index (χ1n) is 8.57. The number of nitrogens with two attached hydrogens (primary N) is 1. The van der Waals surface area contributed by atoms with Crippen molar-refractivity contribution in [3.05, 3.63) is 50.5 Å². The van der Waals surface area contributed by atoms with E-state index in [0.29, 0.717) is 16.4 Å². The van der Waals surface area contributed by atoms with E-state index in [1.165, 1.54) is 22.9 Å². The Kier molecular flexibility index (Phi) is 5.19. The Labute approximate surface area is 164 Å². The molecular formula is C18H18ClN5O4. The molecule has 2 aromatic heterocycles. The lowest BCUT2D eigenvalue weighted by molar-refractivity contribution is 0.0519. The fourth-order valence-corrected chi connectivity index (χ4v) is 3.09. The van der Waals surface area contributed by atoms with Crippen LogP contribution < -0.4 is 11.3 Å². The number of fused-ring (bicyclic) bond motifs is 1. The third kappa shape index (κ3) is 3.13. The van der Waals surface area contributed by atoms with Gasteiger partial charge in [-0.25, -0.2) is 14.2 Å². The van der Waals surface area contributed by atoms with Gasteiger partial charge in [0.15, 0.2) is 11.2 Å². The number of aryl methyl sites for hydroxylation is 2. The van der Waals surface area contributed by atoms with Gasteiger partial charge in [0, 0.05) is 12.1 Å². The average Bonchev–Trinajstić information content (AvgIpc) is 3.00. The van der Waals surface area contributed by atoms with Crippen molar-refractivity contribution in [2.24, 2.45) is 5.73 Å². The SMILES string of the molecule is CCOC(=O)c1nn(CC)c(=O)c2nn(-c3cc(C(N)=O)ccc3Cl)c(C)c12. The highest BCUT2D eigenvalue weighted by atomic mass is 35.5. The Morgan fingerprint density at radius 3 is 2.57 bits per heavy atom. The fourth-order valence-electron chi connectivity index (χ4n) is 2.89. The van der Waals surface area contributed by atoms with Gasteiger partial charge in [0.2, 0.25) is 5.91 Å². The number of halogens is 1. The molecule has 0 atom stereocenters. The van der Waals surface area contributed by atoms with E-state index < -0.39 is 17.4 Å². The molecule has 0 aliphatic carbocycles. The molecule has 2 N–H and O–H groups in total. The Hall–Kier alpha value is -3.20. The zero-order valence-corrected chi connectivity index (χ0v) is 16.3. The van der Waals surface area contributed by atoms with Crippen LogP contribution in [0, 0.1) is 6.92 Å². The molecule has 3 aromatic rings. The van der Waals surface area contributed by atoms with Crippen LogP contribution in [-0.2, 0) is 11.3 Å². The Bertz CT molecular complexity index is 1160. The Morgan fingerprint density at radius 1 is 1.25 bits per heavy atom. The monoisotopic (exact) mass is 403 g/mol. The van der Waals surface area contributed by atoms with Crippen LogP contribution in [0.25, 0.3) is 16.6 Å². The number of benzene rings is 1. The second-order valence-corrected chi connectivity index (χ2v) is 6.35. The highest BCUT2D eigenvalue weighted by Crippen LogP contribution is 2.27. The van der Waals surface area contributed by atoms with Gasteiger partial charge in [0.1, 0.15) is 0 Å². The summed E-state index contributed by atoms with van der Waals surface area (Å²) in [7, 11) is 0. The maximum absolute atomic E-state index is 12.7. The van der Waals surface area contributed by atoms with Gasteiger partial charge in [-0.1, -0.05) is 11.6 Å². The first-order chi connectivity index (χ1) is 13.3. The van der Waals surface area contributed by atoms with Crippen LogP contribution in [0.1, 0.15) is 40.4 Å². The van der Waals surface area contributed by atoms with E-state index in [4.69, 9.17) is 22.1 Å². The first kappa shape index (κ1) is 19.6. The normalized spacial score (nSPS) is 11.0. The average molecular weight is 404 g/mol. The summed E-state index contributed by atoms with van der Waals surface area (Å²) >= 11 is 6.28. The molecule has 146 valence electrons. The number of amides is 1. The number of esters is 1. The van der Waals surface area contributed by atoms with Gasteiger partial charge < -0.3 is 10.5 Å². The Morgan fingerprint density at radius 2 is 1.96 bits per heavy atom. The number of ether oxygens (including phenoxy) is 1. The summed E-state index contributed by atoms with van der Waals surface area (Å²) < 4.78 is 7.62. The van der Waals surface area contributed by atoms with Crippen LogP contribution in [-0.4, -0.2) is 38.0 Å². The maximum Gasteiger partial charge on any atom is 0.359 e. The molecule has 0 spiro atoms. The van der Waals surface area contributed by atoms with Crippen molar-refractivity contribution < 1.29 is 14.3 Å². The van der Waals surface area contributed by atoms with Crippen LogP contribution >= 0.6 is 11.6 Å². The summed E-state index contributed by atoms with van der Waals surface area (Å²) in [5.74, 6) is -1.29. The molecule has 10 heteroatoms. The summed E-state index contributed by atoms with van der Waals surface area (Å²) in [4.78, 5) is 36.7. The number of hydrogen-bond acceptors (Lipinski definition) is 6. The predicted octanol–water partition coefficient (Wildman–Crippen LogP) is 1.84. The van der Waals surface area contributed by atoms with E-state index in [2.05, 4.69) is 10.2 Å². The third-order valence-electron chi connectivity index (χ3n) is 4.24. The van der Waals surface area contributed by atoms with E-state index in [-0.39, 0.29) is 35.3 Å². The topological polar surface area (TPSA) is 122 Å². The minimum absolute atomic E-state index is 0.00997. The van der Waals surface area contributed by atoms with Gasteiger partial charge in [-0.3, -0.25) is 9.59 Å². The summed E-state index contributed by atoms with van der Waals surface area (Å²) in [6.07, 6.45) is 0. The molecule has 1 aromatic carbocycles. The minimum Gasteiger partial charge on any atom is -0.461 e. The Balaban J connectivity index is 2.38. The standard InChI is InChI=1S/C18H18ClN5O4/c1-4-23-17(26)14-13(15(21-23)18(27)28-5-2)9(3)24(22-14)12-8-10(16(20)25)6-7-11(12)19/h6-8H,4-5H2,1-3H3,(H2,20,25). The zero-order valence-electron chi connectivity index (χ0n) is 15.5. The van der Waals surface area contributed by atoms with E-state index in [1.807, 2.05) is 0 Å². The summed E-state index contributed by atoms with van der Waals surface area (Å²) in [6.45, 7) is 5.49. The number of carbonyl (C=O) groups is 2. The van der Waals surface area contributed by atoms with Gasteiger partial charge in [-0.05, 0) is 39.0 Å². The third-order valence-corrected chi connectivity index (χ3v) is 4.56. The molecule has 3 rings (SSSR count). The molecule has 0 saturated heterocycles. The van der Waals surface area contributed by atoms with Gasteiger partial charge in [0.05, 0.1) is 28.4 Å². The lowest BCUT2D eigenvalue weighted by Gasteiger charge is -2.09. The molecule has 0 saturated carbocycles. The van der Waals surface area contributed by atoms with Crippen molar-refractivity contribution in [1.29, 1.82) is 0 Å². The smallest absolute Gasteiger partial charge is 0.359 e. The molecule has 0 aliphatic heterocycles. The van der Waals surface area contributed by atoms with Crippen LogP contribution in [0.5, 0.6) is 0 Å². The van der Waals surface area contributed by atoms with E-state index >= 15 is 0 Å². The van der Waals surface area contributed by atoms with Gasteiger partial charge >= 0.3 is 5.97 Å². The van der Waals surface area contributed by atoms with E-state index in [9.17, 15) is 14.4 Å². The molecule has 0 fully saturated rings. The molecule has 0 aliphatic rings. The number of aromatic nitrogens is 4. The molecule has 9 nitrogen and oxygen atoms in total. The number of rotatable bonds is 5. The molecule has 0 bridgehead atoms. The van der Waals surface area contributed by atoms with Crippen LogP contribution in [0.2, 0.25) is 5.02 Å². The van der Waals surface area contributed by atoms with E-state index in [0.717, 1.165) is 4.68 Å². The van der Waals surface area contributed by atoms with Crippen LogP contribution in [0.15, 0.2) is 23.0 Å². The molecular weight excluding hydrogens is 386 g/mol. The first-order valence-corrected chi connectivity index (χ1v) is 8.95. The maximum atomic E-state index is 12.7. The molecule has 0 radical (unpaired) electrons. The number of carbonyl (C=O) groups excluding carboxylic acids is 2. The summed E-state index contributed by atoms with van der Waals surface area (Å²) in [5.41, 5.74) is 5.97. The van der Waals surface area contributed by atoms with Gasteiger partial charge in [-0.15, -0.1) is 0 Å². The minimum atomic E-state index is -0.658. The lowest BCUT2D eigenvalue weighted by atomic mass is 10.1. The quantitative estimate of drug-likeness (QED) is 0.648. The van der Waals surface area contributed by atoms with Crippen molar-refractivity contribution in [1.82, 2.24) is 19.6 Å². The van der Waals surface area contributed by atoms with Crippen molar-refractivity contribution >= 4 is 34.4 Å². The molecule has 2 heterocycles. The number of hydrogen-bond donors (Lipinski definition) is 1. The largest absolute Gasteiger partial charge is 0.461 e. The van der Waals surface area contributed by atoms with Crippen LogP contribution in [0.3, 0.4) is 0 Å². The second-order valence-electron chi connectivity index (χ2n) is 5.94. The van der Waals surface area contributed by atoms with Gasteiger partial charge in [0.25, 0.3) is 5.56 Å². The van der Waals surface area contributed by atoms with Crippen LogP contribution in [0.4, 0.5) is 0 Å². The predicted molar refractivity (Wildman–Crippen MR) is 103 cm³/mol. The number of nitrogens with zero attached hydrogens (tertiary/aromatic N) is 4. The number of primary amides is 1.